The Morgan fingerprint density at radius 3 is 2.65 bits per heavy atom. The first-order valence-electron chi connectivity index (χ1n) is 8.49. The molecule has 1 aromatic carbocycles. The van der Waals surface area contributed by atoms with E-state index in [0.29, 0.717) is 26.2 Å². The molecule has 2 aliphatic rings. The summed E-state index contributed by atoms with van der Waals surface area (Å²) in [6, 6.07) is 7.89. The van der Waals surface area contributed by atoms with Gasteiger partial charge in [-0.25, -0.2) is 0 Å². The van der Waals surface area contributed by atoms with Crippen LogP contribution in [0, 0.1) is 0 Å². The van der Waals surface area contributed by atoms with Gasteiger partial charge in [0.2, 0.25) is 5.91 Å². The molecule has 1 N–H and O–H groups in total. The van der Waals surface area contributed by atoms with Gasteiger partial charge in [-0.3, -0.25) is 4.79 Å². The van der Waals surface area contributed by atoms with E-state index in [-0.39, 0.29) is 24.2 Å². The van der Waals surface area contributed by atoms with E-state index in [1.54, 1.807) is 0 Å². The molecule has 0 unspecified atom stereocenters. The molecule has 1 heterocycles. The molecular weight excluding hydrogens is 294 g/mol. The second-order valence-electron chi connectivity index (χ2n) is 6.15. The molecule has 0 aromatic heterocycles. The Morgan fingerprint density at radius 1 is 1.17 bits per heavy atom. The summed E-state index contributed by atoms with van der Waals surface area (Å²) in [6.07, 6.45) is 3.50. The van der Waals surface area contributed by atoms with E-state index in [1.165, 1.54) is 0 Å². The van der Waals surface area contributed by atoms with E-state index in [0.717, 1.165) is 30.6 Å². The molecular formula is C18H25NO4. The zero-order chi connectivity index (χ0) is 16.1. The molecule has 1 aliphatic heterocycles. The largest absolute Gasteiger partial charge is 0.494 e. The highest BCUT2D eigenvalue weighted by atomic mass is 16.6. The van der Waals surface area contributed by atoms with Crippen molar-refractivity contribution in [2.24, 2.45) is 0 Å². The SMILES string of the molecule is CCOc1ccc(CC(=O)N[C@@H]2CC[C@H]3OCCO[C@@H]3C2)cc1. The number of ether oxygens (including phenoxy) is 3. The Kier molecular flexibility index (Phi) is 5.51. The lowest BCUT2D eigenvalue weighted by atomic mass is 9.89. The Hall–Kier alpha value is -1.59. The minimum Gasteiger partial charge on any atom is -0.494 e. The van der Waals surface area contributed by atoms with Crippen LogP contribution in [0.15, 0.2) is 24.3 Å². The normalized spacial score (nSPS) is 27.1. The van der Waals surface area contributed by atoms with Gasteiger partial charge in [-0.15, -0.1) is 0 Å². The van der Waals surface area contributed by atoms with Crippen molar-refractivity contribution < 1.29 is 19.0 Å². The molecule has 1 aromatic rings. The van der Waals surface area contributed by atoms with Crippen LogP contribution in [-0.2, 0) is 20.7 Å². The summed E-state index contributed by atoms with van der Waals surface area (Å²) in [5.41, 5.74) is 0.997. The van der Waals surface area contributed by atoms with Crippen molar-refractivity contribution in [2.75, 3.05) is 19.8 Å². The Bertz CT molecular complexity index is 516. The fourth-order valence-corrected chi connectivity index (χ4v) is 3.33. The van der Waals surface area contributed by atoms with E-state index in [9.17, 15) is 4.79 Å². The first kappa shape index (κ1) is 16.3. The van der Waals surface area contributed by atoms with Crippen molar-refractivity contribution in [1.29, 1.82) is 0 Å². The topological polar surface area (TPSA) is 56.8 Å². The molecule has 5 nitrogen and oxygen atoms in total. The van der Waals surface area contributed by atoms with Gasteiger partial charge in [-0.1, -0.05) is 12.1 Å². The van der Waals surface area contributed by atoms with Crippen LogP contribution in [0.3, 0.4) is 0 Å². The highest BCUT2D eigenvalue weighted by Crippen LogP contribution is 2.26. The van der Waals surface area contributed by atoms with E-state index in [1.807, 2.05) is 31.2 Å². The van der Waals surface area contributed by atoms with Gasteiger partial charge in [-0.05, 0) is 43.9 Å². The molecule has 2 fully saturated rings. The molecule has 1 amide bonds. The fourth-order valence-electron chi connectivity index (χ4n) is 3.33. The maximum atomic E-state index is 12.2. The van der Waals surface area contributed by atoms with Crippen LogP contribution in [0.2, 0.25) is 0 Å². The number of amides is 1. The van der Waals surface area contributed by atoms with Gasteiger partial charge < -0.3 is 19.5 Å². The fraction of sp³-hybridized carbons (Fsp3) is 0.611. The molecule has 1 saturated heterocycles. The number of fused-ring (bicyclic) bond motifs is 1. The number of nitrogens with one attached hydrogen (secondary N) is 1. The number of hydrogen-bond acceptors (Lipinski definition) is 4. The number of carbonyl (C=O) groups is 1. The maximum absolute atomic E-state index is 12.2. The van der Waals surface area contributed by atoms with E-state index in [4.69, 9.17) is 14.2 Å². The van der Waals surface area contributed by atoms with Crippen molar-refractivity contribution in [3.8, 4) is 5.75 Å². The first-order chi connectivity index (χ1) is 11.2. The predicted octanol–water partition coefficient (Wildman–Crippen LogP) is 2.08. The minimum absolute atomic E-state index is 0.0642. The molecule has 23 heavy (non-hydrogen) atoms. The predicted molar refractivity (Wildman–Crippen MR) is 86.6 cm³/mol. The lowest BCUT2D eigenvalue weighted by molar-refractivity contribution is -0.158. The van der Waals surface area contributed by atoms with Gasteiger partial charge in [0.25, 0.3) is 0 Å². The Balaban J connectivity index is 1.47. The molecule has 0 radical (unpaired) electrons. The van der Waals surface area contributed by atoms with Crippen LogP contribution in [-0.4, -0.2) is 44.0 Å². The van der Waals surface area contributed by atoms with Crippen LogP contribution in [0.5, 0.6) is 5.75 Å². The molecule has 3 rings (SSSR count). The van der Waals surface area contributed by atoms with Gasteiger partial charge >= 0.3 is 0 Å². The van der Waals surface area contributed by atoms with E-state index < -0.39 is 0 Å². The zero-order valence-corrected chi connectivity index (χ0v) is 13.6. The van der Waals surface area contributed by atoms with Crippen LogP contribution in [0.25, 0.3) is 0 Å². The lowest BCUT2D eigenvalue weighted by Crippen LogP contribution is -2.49. The summed E-state index contributed by atoms with van der Waals surface area (Å²) >= 11 is 0. The average molecular weight is 319 g/mol. The third-order valence-corrected chi connectivity index (χ3v) is 4.44. The number of hydrogen-bond donors (Lipinski definition) is 1. The summed E-state index contributed by atoms with van der Waals surface area (Å²) in [4.78, 5) is 12.2. The molecule has 5 heteroatoms. The minimum atomic E-state index is 0.0642. The Morgan fingerprint density at radius 2 is 1.91 bits per heavy atom. The van der Waals surface area contributed by atoms with Crippen LogP contribution in [0.4, 0.5) is 0 Å². The van der Waals surface area contributed by atoms with Crippen LogP contribution >= 0.6 is 0 Å². The smallest absolute Gasteiger partial charge is 0.224 e. The number of carbonyl (C=O) groups excluding carboxylic acids is 1. The number of benzene rings is 1. The van der Waals surface area contributed by atoms with Crippen LogP contribution < -0.4 is 10.1 Å². The quantitative estimate of drug-likeness (QED) is 0.903. The second-order valence-corrected chi connectivity index (χ2v) is 6.15. The first-order valence-corrected chi connectivity index (χ1v) is 8.49. The maximum Gasteiger partial charge on any atom is 0.224 e. The van der Waals surface area contributed by atoms with Gasteiger partial charge in [0, 0.05) is 6.04 Å². The summed E-state index contributed by atoms with van der Waals surface area (Å²) < 4.78 is 16.9. The van der Waals surface area contributed by atoms with Crippen molar-refractivity contribution in [3.63, 3.8) is 0 Å². The lowest BCUT2D eigenvalue weighted by Gasteiger charge is -2.39. The van der Waals surface area contributed by atoms with Crippen molar-refractivity contribution in [3.05, 3.63) is 29.8 Å². The van der Waals surface area contributed by atoms with Gasteiger partial charge in [-0.2, -0.15) is 0 Å². The average Bonchev–Trinajstić information content (AvgIpc) is 2.57. The Labute approximate surface area is 137 Å². The van der Waals surface area contributed by atoms with Crippen LogP contribution in [0.1, 0.15) is 31.7 Å². The zero-order valence-electron chi connectivity index (χ0n) is 13.6. The summed E-state index contributed by atoms with van der Waals surface area (Å²) in [5, 5.41) is 3.13. The summed E-state index contributed by atoms with van der Waals surface area (Å²) in [5.74, 6) is 0.902. The van der Waals surface area contributed by atoms with E-state index >= 15 is 0 Å². The highest BCUT2D eigenvalue weighted by Gasteiger charge is 2.34. The molecule has 0 spiro atoms. The highest BCUT2D eigenvalue weighted by molar-refractivity contribution is 5.78. The molecule has 3 atom stereocenters. The van der Waals surface area contributed by atoms with Gasteiger partial charge in [0.15, 0.2) is 0 Å². The molecule has 0 bridgehead atoms. The van der Waals surface area contributed by atoms with Crippen molar-refractivity contribution in [1.82, 2.24) is 5.32 Å². The summed E-state index contributed by atoms with van der Waals surface area (Å²) in [7, 11) is 0. The van der Waals surface area contributed by atoms with Gasteiger partial charge in [0.05, 0.1) is 38.4 Å². The third-order valence-electron chi connectivity index (χ3n) is 4.44. The molecule has 126 valence electrons. The monoisotopic (exact) mass is 319 g/mol. The standard InChI is InChI=1S/C18H25NO4/c1-2-21-15-6-3-13(4-7-15)11-18(20)19-14-5-8-16-17(12-14)23-10-9-22-16/h3-4,6-7,14,16-17H,2,5,8-12H2,1H3,(H,19,20)/t14-,16-,17-/m1/s1. The second kappa shape index (κ2) is 7.79. The number of rotatable bonds is 5. The third kappa shape index (κ3) is 4.45. The van der Waals surface area contributed by atoms with Crippen molar-refractivity contribution in [2.45, 2.75) is 50.9 Å². The summed E-state index contributed by atoms with van der Waals surface area (Å²) in [6.45, 7) is 3.95. The molecule has 1 saturated carbocycles. The van der Waals surface area contributed by atoms with Crippen molar-refractivity contribution >= 4 is 5.91 Å². The van der Waals surface area contributed by atoms with Gasteiger partial charge in [0.1, 0.15) is 5.75 Å². The molecule has 1 aliphatic carbocycles. The van der Waals surface area contributed by atoms with E-state index in [2.05, 4.69) is 5.32 Å².